The Morgan fingerprint density at radius 2 is 1.59 bits per heavy atom. The minimum Gasteiger partial charge on any atom is -0.394 e. The monoisotopic (exact) mass is 415 g/mol. The zero-order chi connectivity index (χ0) is 21.0. The number of ether oxygens (including phenoxy) is 3. The molecule has 0 radical (unpaired) electrons. The summed E-state index contributed by atoms with van der Waals surface area (Å²) in [5, 5.41) is 62.8. The van der Waals surface area contributed by atoms with Gasteiger partial charge in [0, 0.05) is 6.54 Å². The van der Waals surface area contributed by atoms with E-state index in [4.69, 9.17) is 14.2 Å². The lowest BCUT2D eigenvalue weighted by Gasteiger charge is -2.45. The molecule has 0 aromatic heterocycles. The lowest BCUT2D eigenvalue weighted by atomic mass is 9.96. The molecular formula is C19H29NO9. The smallest absolute Gasteiger partial charge is 0.187 e. The third-order valence-corrected chi connectivity index (χ3v) is 5.34. The average Bonchev–Trinajstić information content (AvgIpc) is 2.75. The minimum absolute atomic E-state index is 0.133. The predicted octanol–water partition coefficient (Wildman–Crippen LogP) is -2.92. The van der Waals surface area contributed by atoms with Crippen molar-refractivity contribution in [3.05, 3.63) is 35.9 Å². The van der Waals surface area contributed by atoms with Gasteiger partial charge in [0.1, 0.15) is 42.7 Å². The van der Waals surface area contributed by atoms with Gasteiger partial charge < -0.3 is 50.2 Å². The van der Waals surface area contributed by atoms with Crippen LogP contribution >= 0.6 is 0 Å². The normalized spacial score (nSPS) is 40.7. The maximum absolute atomic E-state index is 10.8. The van der Waals surface area contributed by atoms with E-state index in [1.165, 1.54) is 0 Å². The quantitative estimate of drug-likeness (QED) is 0.246. The third-order valence-electron chi connectivity index (χ3n) is 5.34. The Labute approximate surface area is 168 Å². The fourth-order valence-corrected chi connectivity index (χ4v) is 3.55. The summed E-state index contributed by atoms with van der Waals surface area (Å²) in [5.41, 5.74) is 1.01. The predicted molar refractivity (Wildman–Crippen MR) is 98.5 cm³/mol. The number of nitrogens with one attached hydrogen (secondary N) is 1. The van der Waals surface area contributed by atoms with Crippen molar-refractivity contribution in [1.82, 2.24) is 5.32 Å². The number of rotatable bonds is 7. The molecule has 7 N–H and O–H groups in total. The molecule has 0 bridgehead atoms. The first-order chi connectivity index (χ1) is 14.0. The summed E-state index contributed by atoms with van der Waals surface area (Å²) in [5.74, 6) is 0. The zero-order valence-electron chi connectivity index (χ0n) is 15.8. The van der Waals surface area contributed by atoms with Crippen molar-refractivity contribution in [2.45, 2.75) is 61.6 Å². The van der Waals surface area contributed by atoms with E-state index in [-0.39, 0.29) is 6.61 Å². The van der Waals surface area contributed by atoms with Crippen molar-refractivity contribution in [3.8, 4) is 0 Å². The highest BCUT2D eigenvalue weighted by atomic mass is 16.7. The topological polar surface area (TPSA) is 161 Å². The van der Waals surface area contributed by atoms with E-state index in [2.05, 4.69) is 5.32 Å². The molecule has 2 fully saturated rings. The Kier molecular flexibility index (Phi) is 7.93. The fraction of sp³-hybridized carbons (Fsp3) is 0.684. The Morgan fingerprint density at radius 1 is 0.897 bits per heavy atom. The molecule has 29 heavy (non-hydrogen) atoms. The Bertz CT molecular complexity index is 619. The van der Waals surface area contributed by atoms with E-state index in [1.807, 2.05) is 30.3 Å². The number of hydrogen-bond acceptors (Lipinski definition) is 10. The summed E-state index contributed by atoms with van der Waals surface area (Å²) >= 11 is 0. The summed E-state index contributed by atoms with van der Waals surface area (Å²) in [6.07, 6.45) is -10.4. The van der Waals surface area contributed by atoms with Crippen molar-refractivity contribution in [2.75, 3.05) is 19.8 Å². The molecule has 2 aliphatic heterocycles. The molecule has 2 aliphatic rings. The third kappa shape index (κ3) is 5.12. The summed E-state index contributed by atoms with van der Waals surface area (Å²) in [7, 11) is 0. The van der Waals surface area contributed by atoms with Gasteiger partial charge in [-0.3, -0.25) is 0 Å². The minimum atomic E-state index is -1.61. The second-order valence-corrected chi connectivity index (χ2v) is 7.32. The van der Waals surface area contributed by atoms with Crippen molar-refractivity contribution in [1.29, 1.82) is 0 Å². The van der Waals surface area contributed by atoms with Gasteiger partial charge >= 0.3 is 0 Å². The van der Waals surface area contributed by atoms with Crippen molar-refractivity contribution in [3.63, 3.8) is 0 Å². The molecule has 10 nitrogen and oxygen atoms in total. The van der Waals surface area contributed by atoms with Gasteiger partial charge in [0.05, 0.1) is 25.9 Å². The molecule has 1 aromatic carbocycles. The lowest BCUT2D eigenvalue weighted by Crippen LogP contribution is -2.64. The highest BCUT2D eigenvalue weighted by Gasteiger charge is 2.48. The Hall–Kier alpha value is -1.18. The van der Waals surface area contributed by atoms with Gasteiger partial charge in [0.15, 0.2) is 6.29 Å². The van der Waals surface area contributed by atoms with Crippen LogP contribution in [0.3, 0.4) is 0 Å². The number of benzene rings is 1. The first-order valence-corrected chi connectivity index (χ1v) is 9.60. The van der Waals surface area contributed by atoms with Crippen LogP contribution in [-0.2, 0) is 20.8 Å². The SMILES string of the molecule is OCC1O[C@@H](O[C@@H]2C(CO)OCC(NCc3ccccc3)C2O)C(O)C(O)[C@H]1O. The standard InChI is InChI=1S/C19H29NO9/c21-7-12-15(24)16(25)17(26)19(28-12)29-18-13(8-22)27-9-11(14(18)23)20-6-10-4-2-1-3-5-10/h1-5,11-26H,6-9H2/t11?,12?,13?,14?,15-,16?,17?,18+,19-/m0/s1. The maximum Gasteiger partial charge on any atom is 0.187 e. The van der Waals surface area contributed by atoms with Gasteiger partial charge in [-0.05, 0) is 5.56 Å². The van der Waals surface area contributed by atoms with Crippen LogP contribution in [-0.4, -0.2) is 106 Å². The summed E-state index contributed by atoms with van der Waals surface area (Å²) in [4.78, 5) is 0. The van der Waals surface area contributed by atoms with Gasteiger partial charge in [-0.15, -0.1) is 0 Å². The highest BCUT2D eigenvalue weighted by molar-refractivity contribution is 5.14. The van der Waals surface area contributed by atoms with E-state index < -0.39 is 68.3 Å². The molecule has 2 saturated heterocycles. The molecule has 2 heterocycles. The molecule has 3 rings (SSSR count). The molecule has 9 atom stereocenters. The van der Waals surface area contributed by atoms with E-state index in [0.717, 1.165) is 5.56 Å². The molecule has 0 saturated carbocycles. The first-order valence-electron chi connectivity index (χ1n) is 9.60. The number of hydrogen-bond donors (Lipinski definition) is 7. The van der Waals surface area contributed by atoms with Crippen LogP contribution in [0.15, 0.2) is 30.3 Å². The maximum atomic E-state index is 10.8. The molecule has 0 amide bonds. The van der Waals surface area contributed by atoms with Crippen LogP contribution in [0, 0.1) is 0 Å². The van der Waals surface area contributed by atoms with Gasteiger partial charge in [0.2, 0.25) is 0 Å². The molecule has 6 unspecified atom stereocenters. The molecular weight excluding hydrogens is 386 g/mol. The second-order valence-electron chi connectivity index (χ2n) is 7.32. The summed E-state index contributed by atoms with van der Waals surface area (Å²) < 4.78 is 16.6. The lowest BCUT2D eigenvalue weighted by molar-refractivity contribution is -0.332. The van der Waals surface area contributed by atoms with Gasteiger partial charge in [-0.1, -0.05) is 30.3 Å². The van der Waals surface area contributed by atoms with Crippen LogP contribution in [0.1, 0.15) is 5.56 Å². The molecule has 0 spiro atoms. The molecule has 1 aromatic rings. The van der Waals surface area contributed by atoms with Crippen LogP contribution in [0.4, 0.5) is 0 Å². The van der Waals surface area contributed by atoms with E-state index in [9.17, 15) is 30.6 Å². The van der Waals surface area contributed by atoms with Crippen molar-refractivity contribution < 1.29 is 44.8 Å². The fourth-order valence-electron chi connectivity index (χ4n) is 3.55. The second kappa shape index (κ2) is 10.2. The van der Waals surface area contributed by atoms with Crippen molar-refractivity contribution >= 4 is 0 Å². The summed E-state index contributed by atoms with van der Waals surface area (Å²) in [6, 6.07) is 9.05. The first kappa shape index (κ1) is 22.5. The largest absolute Gasteiger partial charge is 0.394 e. The van der Waals surface area contributed by atoms with E-state index >= 15 is 0 Å². The molecule has 164 valence electrons. The van der Waals surface area contributed by atoms with Crippen LogP contribution in [0.25, 0.3) is 0 Å². The average molecular weight is 415 g/mol. The van der Waals surface area contributed by atoms with Crippen LogP contribution in [0.5, 0.6) is 0 Å². The highest BCUT2D eigenvalue weighted by Crippen LogP contribution is 2.27. The summed E-state index contributed by atoms with van der Waals surface area (Å²) in [6.45, 7) is -0.431. The molecule has 10 heteroatoms. The van der Waals surface area contributed by atoms with Crippen molar-refractivity contribution in [2.24, 2.45) is 0 Å². The number of aliphatic hydroxyl groups excluding tert-OH is 6. The Balaban J connectivity index is 1.66. The number of aliphatic hydroxyl groups is 6. The van der Waals surface area contributed by atoms with Crippen LogP contribution in [0.2, 0.25) is 0 Å². The van der Waals surface area contributed by atoms with Crippen LogP contribution < -0.4 is 5.32 Å². The molecule has 0 aliphatic carbocycles. The van der Waals surface area contributed by atoms with E-state index in [0.29, 0.717) is 6.54 Å². The van der Waals surface area contributed by atoms with Gasteiger partial charge in [-0.25, -0.2) is 0 Å². The van der Waals surface area contributed by atoms with Gasteiger partial charge in [-0.2, -0.15) is 0 Å². The van der Waals surface area contributed by atoms with E-state index in [1.54, 1.807) is 0 Å². The zero-order valence-corrected chi connectivity index (χ0v) is 15.8. The Morgan fingerprint density at radius 3 is 2.24 bits per heavy atom. The van der Waals surface area contributed by atoms with Gasteiger partial charge in [0.25, 0.3) is 0 Å².